The summed E-state index contributed by atoms with van der Waals surface area (Å²) in [6.07, 6.45) is 1.98. The van der Waals surface area contributed by atoms with Gasteiger partial charge in [-0.3, -0.25) is 4.79 Å². The van der Waals surface area contributed by atoms with Crippen LogP contribution in [0.3, 0.4) is 0 Å². The lowest BCUT2D eigenvalue weighted by molar-refractivity contribution is 0.0957. The average molecular weight is 332 g/mol. The Labute approximate surface area is 131 Å². The average Bonchev–Trinajstić information content (AvgIpc) is 2.78. The molecule has 2 aromatic rings. The number of carbonyl (C=O) groups excluding carboxylic acids is 1. The van der Waals surface area contributed by atoms with E-state index < -0.39 is 0 Å². The van der Waals surface area contributed by atoms with Crippen molar-refractivity contribution in [2.24, 2.45) is 0 Å². The Bertz CT molecular complexity index is 640. The molecule has 0 fully saturated rings. The molecule has 20 heavy (non-hydrogen) atoms. The molecule has 108 valence electrons. The van der Waals surface area contributed by atoms with E-state index in [9.17, 15) is 4.79 Å². The highest BCUT2D eigenvalue weighted by Crippen LogP contribution is 2.42. The number of methoxy groups -OCH3 is 1. The topological polar surface area (TPSA) is 38.3 Å². The molecule has 0 aliphatic heterocycles. The number of thiophene rings is 1. The smallest absolute Gasteiger partial charge is 0.262 e. The Kier molecular flexibility index (Phi) is 5.13. The molecule has 0 radical (unpaired) electrons. The fraction of sp³-hybridized carbons (Fsp3) is 0.357. The second-order valence-electron chi connectivity index (χ2n) is 4.31. The number of nitrogens with one attached hydrogen (secondary N) is 1. The highest BCUT2D eigenvalue weighted by molar-refractivity contribution is 7.22. The van der Waals surface area contributed by atoms with Crippen molar-refractivity contribution in [1.29, 1.82) is 0 Å². The summed E-state index contributed by atoms with van der Waals surface area (Å²) in [6, 6.07) is 3.57. The number of halogens is 2. The third-order valence-corrected chi connectivity index (χ3v) is 5.16. The summed E-state index contributed by atoms with van der Waals surface area (Å²) in [7, 11) is 1.56. The predicted octanol–water partition coefficient (Wildman–Crippen LogP) is 4.75. The van der Waals surface area contributed by atoms with Gasteiger partial charge in [0.25, 0.3) is 5.91 Å². The van der Waals surface area contributed by atoms with E-state index in [1.165, 1.54) is 11.3 Å². The molecule has 6 heteroatoms. The number of amides is 1. The molecule has 0 atom stereocenters. The first kappa shape index (κ1) is 15.4. The van der Waals surface area contributed by atoms with Gasteiger partial charge in [0.1, 0.15) is 15.6 Å². The highest BCUT2D eigenvalue weighted by Gasteiger charge is 2.19. The molecule has 1 heterocycles. The minimum Gasteiger partial charge on any atom is -0.495 e. The molecule has 0 aliphatic rings. The largest absolute Gasteiger partial charge is 0.495 e. The van der Waals surface area contributed by atoms with Gasteiger partial charge in [-0.25, -0.2) is 0 Å². The Morgan fingerprint density at radius 1 is 1.35 bits per heavy atom. The molecular formula is C14H15Cl2NO2S. The van der Waals surface area contributed by atoms with Crippen LogP contribution in [-0.4, -0.2) is 19.6 Å². The minimum absolute atomic E-state index is 0.153. The molecule has 0 bridgehead atoms. The number of fused-ring (bicyclic) bond motifs is 1. The fourth-order valence-electron chi connectivity index (χ4n) is 1.84. The number of ether oxygens (including phenoxy) is 1. The van der Waals surface area contributed by atoms with Crippen molar-refractivity contribution < 1.29 is 9.53 Å². The maximum absolute atomic E-state index is 12.1. The normalized spacial score (nSPS) is 10.8. The maximum Gasteiger partial charge on any atom is 0.262 e. The molecule has 0 saturated carbocycles. The second kappa shape index (κ2) is 6.66. The van der Waals surface area contributed by atoms with E-state index >= 15 is 0 Å². The van der Waals surface area contributed by atoms with Gasteiger partial charge in [0, 0.05) is 11.9 Å². The molecule has 1 aromatic heterocycles. The van der Waals surface area contributed by atoms with Crippen LogP contribution in [0.25, 0.3) is 10.1 Å². The van der Waals surface area contributed by atoms with E-state index in [-0.39, 0.29) is 5.91 Å². The number of hydrogen-bond acceptors (Lipinski definition) is 3. The summed E-state index contributed by atoms with van der Waals surface area (Å²) in [5, 5.41) is 4.58. The van der Waals surface area contributed by atoms with Gasteiger partial charge in [0.05, 0.1) is 16.8 Å². The van der Waals surface area contributed by atoms with Gasteiger partial charge in [-0.1, -0.05) is 36.5 Å². The summed E-state index contributed by atoms with van der Waals surface area (Å²) in [4.78, 5) is 12.6. The van der Waals surface area contributed by atoms with Gasteiger partial charge in [-0.15, -0.1) is 11.3 Å². The molecule has 1 aromatic carbocycles. The lowest BCUT2D eigenvalue weighted by atomic mass is 10.2. The zero-order valence-electron chi connectivity index (χ0n) is 11.3. The third kappa shape index (κ3) is 2.87. The standard InChI is InChI=1S/C14H15Cl2NO2S/c1-3-4-7-17-14(18)13-10(15)8-5-6-9(19-2)11(16)12(8)20-13/h5-6H,3-4,7H2,1-2H3,(H,17,18). The Morgan fingerprint density at radius 2 is 2.10 bits per heavy atom. The van der Waals surface area contributed by atoms with Crippen molar-refractivity contribution in [2.45, 2.75) is 19.8 Å². The van der Waals surface area contributed by atoms with E-state index in [0.717, 1.165) is 22.9 Å². The van der Waals surface area contributed by atoms with E-state index in [1.54, 1.807) is 13.2 Å². The van der Waals surface area contributed by atoms with Crippen LogP contribution in [0.5, 0.6) is 5.75 Å². The number of benzene rings is 1. The van der Waals surface area contributed by atoms with Crippen molar-refractivity contribution >= 4 is 50.5 Å². The molecule has 0 spiro atoms. The SMILES string of the molecule is CCCCNC(=O)c1sc2c(Cl)c(OC)ccc2c1Cl. The van der Waals surface area contributed by atoms with Crippen LogP contribution in [0.2, 0.25) is 10.0 Å². The zero-order valence-corrected chi connectivity index (χ0v) is 13.6. The number of hydrogen-bond donors (Lipinski definition) is 1. The Balaban J connectivity index is 2.38. The summed E-state index contributed by atoms with van der Waals surface area (Å²) < 4.78 is 5.95. The summed E-state index contributed by atoms with van der Waals surface area (Å²) in [5.74, 6) is 0.426. The number of carbonyl (C=O) groups is 1. The van der Waals surface area contributed by atoms with Crippen LogP contribution in [0.15, 0.2) is 12.1 Å². The Hall–Kier alpha value is -0.970. The van der Waals surface area contributed by atoms with Crippen molar-refractivity contribution in [3.8, 4) is 5.75 Å². The molecule has 0 unspecified atom stereocenters. The fourth-order valence-corrected chi connectivity index (χ4v) is 3.65. The van der Waals surface area contributed by atoms with E-state index in [0.29, 0.717) is 27.2 Å². The van der Waals surface area contributed by atoms with E-state index in [4.69, 9.17) is 27.9 Å². The van der Waals surface area contributed by atoms with Gasteiger partial charge in [-0.05, 0) is 18.6 Å². The molecule has 0 aliphatic carbocycles. The Morgan fingerprint density at radius 3 is 2.75 bits per heavy atom. The molecule has 0 saturated heterocycles. The third-order valence-electron chi connectivity index (χ3n) is 2.94. The predicted molar refractivity (Wildman–Crippen MR) is 85.6 cm³/mol. The minimum atomic E-state index is -0.153. The summed E-state index contributed by atoms with van der Waals surface area (Å²) >= 11 is 13.8. The van der Waals surface area contributed by atoms with Crippen molar-refractivity contribution in [1.82, 2.24) is 5.32 Å². The lowest BCUT2D eigenvalue weighted by Gasteiger charge is -2.02. The van der Waals surface area contributed by atoms with Gasteiger partial charge in [-0.2, -0.15) is 0 Å². The highest BCUT2D eigenvalue weighted by atomic mass is 35.5. The van der Waals surface area contributed by atoms with Gasteiger partial charge in [0.2, 0.25) is 0 Å². The molecular weight excluding hydrogens is 317 g/mol. The molecule has 1 N–H and O–H groups in total. The van der Waals surface area contributed by atoms with Gasteiger partial charge in [0.15, 0.2) is 0 Å². The maximum atomic E-state index is 12.1. The molecule has 1 amide bonds. The summed E-state index contributed by atoms with van der Waals surface area (Å²) in [5.41, 5.74) is 0. The van der Waals surface area contributed by atoms with Crippen LogP contribution in [0.1, 0.15) is 29.4 Å². The first-order valence-corrected chi connectivity index (χ1v) is 7.90. The van der Waals surface area contributed by atoms with E-state index in [1.807, 2.05) is 6.07 Å². The number of unbranched alkanes of at least 4 members (excludes halogenated alkanes) is 1. The van der Waals surface area contributed by atoms with Gasteiger partial charge < -0.3 is 10.1 Å². The van der Waals surface area contributed by atoms with Crippen molar-refractivity contribution in [3.05, 3.63) is 27.1 Å². The van der Waals surface area contributed by atoms with Crippen LogP contribution in [0, 0.1) is 0 Å². The lowest BCUT2D eigenvalue weighted by Crippen LogP contribution is -2.23. The molecule has 2 rings (SSSR count). The quantitative estimate of drug-likeness (QED) is 0.803. The van der Waals surface area contributed by atoms with Crippen LogP contribution in [-0.2, 0) is 0 Å². The first-order valence-electron chi connectivity index (χ1n) is 6.32. The number of rotatable bonds is 5. The zero-order chi connectivity index (χ0) is 14.7. The van der Waals surface area contributed by atoms with Crippen LogP contribution >= 0.6 is 34.5 Å². The van der Waals surface area contributed by atoms with Gasteiger partial charge >= 0.3 is 0 Å². The second-order valence-corrected chi connectivity index (χ2v) is 6.09. The summed E-state index contributed by atoms with van der Waals surface area (Å²) in [6.45, 7) is 2.72. The van der Waals surface area contributed by atoms with Crippen molar-refractivity contribution in [2.75, 3.05) is 13.7 Å². The van der Waals surface area contributed by atoms with Crippen LogP contribution in [0.4, 0.5) is 0 Å². The molecule has 3 nitrogen and oxygen atoms in total. The van der Waals surface area contributed by atoms with Crippen molar-refractivity contribution in [3.63, 3.8) is 0 Å². The first-order chi connectivity index (χ1) is 9.60. The monoisotopic (exact) mass is 331 g/mol. The van der Waals surface area contributed by atoms with Crippen LogP contribution < -0.4 is 10.1 Å². The van der Waals surface area contributed by atoms with E-state index in [2.05, 4.69) is 12.2 Å².